The van der Waals surface area contributed by atoms with Crippen molar-refractivity contribution in [1.82, 2.24) is 9.78 Å². The molecule has 0 atom stereocenters. The molecule has 0 spiro atoms. The first-order valence-corrected chi connectivity index (χ1v) is 7.55. The molecule has 4 heteroatoms. The van der Waals surface area contributed by atoms with Crippen molar-refractivity contribution in [2.75, 3.05) is 0 Å². The highest BCUT2D eigenvalue weighted by molar-refractivity contribution is 5.94. The minimum absolute atomic E-state index is 0.273. The molecule has 1 aromatic carbocycles. The number of rotatable bonds is 7. The highest BCUT2D eigenvalue weighted by Gasteiger charge is 2.16. The number of benzene rings is 1. The Balaban J connectivity index is 2.32. The van der Waals surface area contributed by atoms with Crippen LogP contribution in [0.3, 0.4) is 0 Å². The quantitative estimate of drug-likeness (QED) is 0.837. The highest BCUT2D eigenvalue weighted by Crippen LogP contribution is 2.23. The molecular weight excluding hydrogens is 264 g/mol. The average molecular weight is 286 g/mol. The number of carbonyl (C=O) groups is 1. The average Bonchev–Trinajstić information content (AvgIpc) is 2.91. The van der Waals surface area contributed by atoms with E-state index >= 15 is 0 Å². The second kappa shape index (κ2) is 7.07. The Hall–Kier alpha value is -2.10. The van der Waals surface area contributed by atoms with Crippen molar-refractivity contribution in [3.63, 3.8) is 0 Å². The van der Waals surface area contributed by atoms with Crippen molar-refractivity contribution in [3.05, 3.63) is 41.6 Å². The van der Waals surface area contributed by atoms with Crippen molar-refractivity contribution >= 4 is 5.97 Å². The van der Waals surface area contributed by atoms with Gasteiger partial charge in [0.2, 0.25) is 0 Å². The van der Waals surface area contributed by atoms with Crippen molar-refractivity contribution in [2.24, 2.45) is 0 Å². The van der Waals surface area contributed by atoms with E-state index in [1.54, 1.807) is 10.9 Å². The smallest absolute Gasteiger partial charge is 0.339 e. The minimum atomic E-state index is -0.926. The fourth-order valence-corrected chi connectivity index (χ4v) is 2.34. The van der Waals surface area contributed by atoms with Crippen LogP contribution in [0.5, 0.6) is 0 Å². The van der Waals surface area contributed by atoms with Gasteiger partial charge in [-0.1, -0.05) is 51.0 Å². The number of aromatic carboxylic acids is 1. The predicted molar refractivity (Wildman–Crippen MR) is 83.5 cm³/mol. The molecule has 21 heavy (non-hydrogen) atoms. The second-order valence-electron chi connectivity index (χ2n) is 5.26. The normalized spacial score (nSPS) is 10.8. The van der Waals surface area contributed by atoms with E-state index in [4.69, 9.17) is 0 Å². The SMILES string of the molecule is CCCCn1cc(C(=O)O)c(-c2ccc(CCC)cc2)n1. The molecule has 0 aliphatic carbocycles. The van der Waals surface area contributed by atoms with Crippen molar-refractivity contribution in [3.8, 4) is 11.3 Å². The van der Waals surface area contributed by atoms with Crippen LogP contribution in [0.25, 0.3) is 11.3 Å². The molecule has 0 bridgehead atoms. The van der Waals surface area contributed by atoms with E-state index in [9.17, 15) is 9.90 Å². The van der Waals surface area contributed by atoms with Gasteiger partial charge in [-0.05, 0) is 18.4 Å². The molecule has 1 N–H and O–H groups in total. The number of hydrogen-bond acceptors (Lipinski definition) is 2. The van der Waals surface area contributed by atoms with Gasteiger partial charge in [-0.2, -0.15) is 5.10 Å². The standard InChI is InChI=1S/C17H22N2O2/c1-3-5-11-19-12-15(17(20)21)16(18-19)14-9-7-13(6-4-2)8-10-14/h7-10,12H,3-6,11H2,1-2H3,(H,20,21). The molecule has 1 heterocycles. The lowest BCUT2D eigenvalue weighted by Crippen LogP contribution is -1.98. The summed E-state index contributed by atoms with van der Waals surface area (Å²) in [4.78, 5) is 11.4. The van der Waals surface area contributed by atoms with Crippen molar-refractivity contribution < 1.29 is 9.90 Å². The summed E-state index contributed by atoms with van der Waals surface area (Å²) >= 11 is 0. The van der Waals surface area contributed by atoms with Crippen LogP contribution in [-0.4, -0.2) is 20.9 Å². The molecule has 0 saturated heterocycles. The van der Waals surface area contributed by atoms with Gasteiger partial charge >= 0.3 is 5.97 Å². The molecule has 2 aromatic rings. The monoisotopic (exact) mass is 286 g/mol. The van der Waals surface area contributed by atoms with Gasteiger partial charge in [-0.15, -0.1) is 0 Å². The van der Waals surface area contributed by atoms with Crippen LogP contribution in [-0.2, 0) is 13.0 Å². The zero-order valence-corrected chi connectivity index (χ0v) is 12.7. The number of aromatic nitrogens is 2. The Bertz CT molecular complexity index is 600. The summed E-state index contributed by atoms with van der Waals surface area (Å²) in [5.41, 5.74) is 2.96. The number of carboxylic acids is 1. The van der Waals surface area contributed by atoms with Crippen molar-refractivity contribution in [2.45, 2.75) is 46.1 Å². The molecule has 0 fully saturated rings. The van der Waals surface area contributed by atoms with Gasteiger partial charge in [0, 0.05) is 18.3 Å². The summed E-state index contributed by atoms with van der Waals surface area (Å²) in [6.07, 6.45) is 5.83. The van der Waals surface area contributed by atoms with E-state index in [1.165, 1.54) is 5.56 Å². The number of hydrogen-bond donors (Lipinski definition) is 1. The van der Waals surface area contributed by atoms with E-state index in [-0.39, 0.29) is 5.56 Å². The van der Waals surface area contributed by atoms with Gasteiger partial charge < -0.3 is 5.11 Å². The molecule has 0 amide bonds. The topological polar surface area (TPSA) is 55.1 Å². The molecule has 1 aromatic heterocycles. The number of aryl methyl sites for hydroxylation is 2. The molecule has 112 valence electrons. The number of nitrogens with zero attached hydrogens (tertiary/aromatic N) is 2. The maximum Gasteiger partial charge on any atom is 0.339 e. The zero-order chi connectivity index (χ0) is 15.2. The van der Waals surface area contributed by atoms with Crippen LogP contribution in [0, 0.1) is 0 Å². The van der Waals surface area contributed by atoms with E-state index in [1.807, 2.05) is 12.1 Å². The summed E-state index contributed by atoms with van der Waals surface area (Å²) in [5.74, 6) is -0.926. The summed E-state index contributed by atoms with van der Waals surface area (Å²) in [6, 6.07) is 8.03. The molecule has 0 aliphatic heterocycles. The first-order chi connectivity index (χ1) is 10.2. The molecule has 0 unspecified atom stereocenters. The van der Waals surface area contributed by atoms with Crippen LogP contribution >= 0.6 is 0 Å². The first kappa shape index (κ1) is 15.3. The first-order valence-electron chi connectivity index (χ1n) is 7.55. The largest absolute Gasteiger partial charge is 0.478 e. The van der Waals surface area contributed by atoms with Gasteiger partial charge in [0.25, 0.3) is 0 Å². The van der Waals surface area contributed by atoms with E-state index < -0.39 is 5.97 Å². The van der Waals surface area contributed by atoms with Gasteiger partial charge in [0.05, 0.1) is 0 Å². The predicted octanol–water partition coefficient (Wildman–Crippen LogP) is 4.00. The lowest BCUT2D eigenvalue weighted by Gasteiger charge is -2.02. The third-order valence-electron chi connectivity index (χ3n) is 3.50. The second-order valence-corrected chi connectivity index (χ2v) is 5.26. The molecule has 2 rings (SSSR count). The Labute approximate surface area is 125 Å². The summed E-state index contributed by atoms with van der Waals surface area (Å²) in [7, 11) is 0. The van der Waals surface area contributed by atoms with Crippen LogP contribution in [0.15, 0.2) is 30.5 Å². The number of carboxylic acid groups (broad SMARTS) is 1. The fourth-order valence-electron chi connectivity index (χ4n) is 2.34. The highest BCUT2D eigenvalue weighted by atomic mass is 16.4. The minimum Gasteiger partial charge on any atom is -0.478 e. The third kappa shape index (κ3) is 3.72. The molecule has 0 saturated carbocycles. The maximum absolute atomic E-state index is 11.4. The molecule has 0 aliphatic rings. The lowest BCUT2D eigenvalue weighted by molar-refractivity contribution is 0.0697. The van der Waals surface area contributed by atoms with Gasteiger partial charge in [0.1, 0.15) is 11.3 Å². The molecule has 0 radical (unpaired) electrons. The van der Waals surface area contributed by atoms with Crippen LogP contribution < -0.4 is 0 Å². The van der Waals surface area contributed by atoms with Gasteiger partial charge in [-0.25, -0.2) is 4.79 Å². The van der Waals surface area contributed by atoms with Gasteiger partial charge in [0.15, 0.2) is 0 Å². The lowest BCUT2D eigenvalue weighted by atomic mass is 10.0. The summed E-state index contributed by atoms with van der Waals surface area (Å²) < 4.78 is 1.74. The van der Waals surface area contributed by atoms with E-state index in [2.05, 4.69) is 31.1 Å². The maximum atomic E-state index is 11.4. The molecular formula is C17H22N2O2. The van der Waals surface area contributed by atoms with Crippen molar-refractivity contribution in [1.29, 1.82) is 0 Å². The van der Waals surface area contributed by atoms with Crippen LogP contribution in [0.2, 0.25) is 0 Å². The Morgan fingerprint density at radius 1 is 1.19 bits per heavy atom. The zero-order valence-electron chi connectivity index (χ0n) is 12.7. The van der Waals surface area contributed by atoms with Gasteiger partial charge in [-0.3, -0.25) is 4.68 Å². The summed E-state index contributed by atoms with van der Waals surface area (Å²) in [6.45, 7) is 5.01. The van der Waals surface area contributed by atoms with Crippen LogP contribution in [0.1, 0.15) is 49.0 Å². The Morgan fingerprint density at radius 2 is 1.90 bits per heavy atom. The van der Waals surface area contributed by atoms with Crippen LogP contribution in [0.4, 0.5) is 0 Å². The Kier molecular flexibility index (Phi) is 5.14. The fraction of sp³-hybridized carbons (Fsp3) is 0.412. The third-order valence-corrected chi connectivity index (χ3v) is 3.50. The molecule has 4 nitrogen and oxygen atoms in total. The van der Waals surface area contributed by atoms with E-state index in [0.29, 0.717) is 5.69 Å². The van der Waals surface area contributed by atoms with E-state index in [0.717, 1.165) is 37.8 Å². The number of unbranched alkanes of at least 4 members (excludes halogenated alkanes) is 1. The summed E-state index contributed by atoms with van der Waals surface area (Å²) in [5, 5.41) is 13.8. The Morgan fingerprint density at radius 3 is 2.48 bits per heavy atom.